The molecule has 0 aliphatic carbocycles. The summed E-state index contributed by atoms with van der Waals surface area (Å²) in [5.41, 5.74) is 2.28. The van der Waals surface area contributed by atoms with E-state index in [1.54, 1.807) is 6.20 Å². The smallest absolute Gasteiger partial charge is 0.317 e. The number of fused-ring (bicyclic) bond motifs is 2. The Balaban J connectivity index is 1.17. The number of piperidine rings is 1. The Hall–Kier alpha value is -2.93. The molecule has 2 atom stereocenters. The molecule has 1 aromatic carbocycles. The lowest BCUT2D eigenvalue weighted by Gasteiger charge is -2.46. The number of benzene rings is 1. The number of carbonyl (C=O) groups is 2. The Morgan fingerprint density at radius 3 is 2.58 bits per heavy atom. The van der Waals surface area contributed by atoms with E-state index in [-0.39, 0.29) is 23.4 Å². The van der Waals surface area contributed by atoms with Crippen LogP contribution in [0.2, 0.25) is 0 Å². The van der Waals surface area contributed by atoms with E-state index >= 15 is 0 Å². The van der Waals surface area contributed by atoms with Crippen molar-refractivity contribution >= 4 is 11.9 Å². The number of nitrogens with one attached hydrogen (secondary N) is 1. The van der Waals surface area contributed by atoms with Crippen LogP contribution in [0.15, 0.2) is 54.9 Å². The van der Waals surface area contributed by atoms with Crippen molar-refractivity contribution in [2.24, 2.45) is 11.8 Å². The fourth-order valence-corrected chi connectivity index (χ4v) is 6.15. The zero-order valence-electron chi connectivity index (χ0n) is 19.3. The van der Waals surface area contributed by atoms with Gasteiger partial charge >= 0.3 is 6.03 Å². The maximum Gasteiger partial charge on any atom is 0.317 e. The van der Waals surface area contributed by atoms with Gasteiger partial charge in [-0.05, 0) is 36.5 Å². The Labute approximate surface area is 195 Å². The summed E-state index contributed by atoms with van der Waals surface area (Å²) >= 11 is 0. The molecule has 3 fully saturated rings. The minimum Gasteiger partial charge on any atom is -0.339 e. The third kappa shape index (κ3) is 4.22. The van der Waals surface area contributed by atoms with Gasteiger partial charge in [-0.15, -0.1) is 0 Å². The molecule has 2 aromatic rings. The lowest BCUT2D eigenvalue weighted by molar-refractivity contribution is -0.133. The highest BCUT2D eigenvalue weighted by Gasteiger charge is 2.60. The van der Waals surface area contributed by atoms with E-state index in [1.165, 1.54) is 11.1 Å². The van der Waals surface area contributed by atoms with E-state index in [1.807, 2.05) is 47.3 Å². The minimum absolute atomic E-state index is 0.00827. The molecule has 3 aliphatic rings. The molecule has 7 nitrogen and oxygen atoms in total. The number of amides is 3. The first-order chi connectivity index (χ1) is 16.1. The molecule has 5 rings (SSSR count). The molecule has 0 bridgehead atoms. The largest absolute Gasteiger partial charge is 0.339 e. The summed E-state index contributed by atoms with van der Waals surface area (Å²) < 4.78 is 0. The van der Waals surface area contributed by atoms with Gasteiger partial charge in [0, 0.05) is 64.6 Å². The van der Waals surface area contributed by atoms with Crippen LogP contribution in [0.1, 0.15) is 24.0 Å². The quantitative estimate of drug-likeness (QED) is 0.764. The summed E-state index contributed by atoms with van der Waals surface area (Å²) in [6.45, 7) is 4.61. The van der Waals surface area contributed by atoms with Crippen LogP contribution in [0.25, 0.3) is 0 Å². The van der Waals surface area contributed by atoms with Gasteiger partial charge in [0.25, 0.3) is 0 Å². The number of nitrogens with zero attached hydrogens (tertiary/aromatic N) is 4. The second-order valence-corrected chi connectivity index (χ2v) is 9.72. The molecule has 3 aliphatic heterocycles. The second-order valence-electron chi connectivity index (χ2n) is 9.72. The van der Waals surface area contributed by atoms with Crippen LogP contribution in [0.3, 0.4) is 0 Å². The highest BCUT2D eigenvalue weighted by atomic mass is 16.2. The highest BCUT2D eigenvalue weighted by Crippen LogP contribution is 2.49. The SMILES string of the molecule is CN1C(=O)[C@H]2CN(Cc3cccnc3)C[C@H]2C12CCN(C(=O)NCCc1ccccc1)CC2. The van der Waals surface area contributed by atoms with Crippen molar-refractivity contribution in [2.75, 3.05) is 39.8 Å². The predicted octanol–water partition coefficient (Wildman–Crippen LogP) is 2.39. The van der Waals surface area contributed by atoms with Gasteiger partial charge in [0.2, 0.25) is 5.91 Å². The number of hydrogen-bond acceptors (Lipinski definition) is 4. The number of pyridine rings is 1. The third-order valence-corrected chi connectivity index (χ3v) is 7.98. The molecular weight excluding hydrogens is 414 g/mol. The molecule has 3 amide bonds. The monoisotopic (exact) mass is 447 g/mol. The van der Waals surface area contributed by atoms with Crippen molar-refractivity contribution in [3.05, 3.63) is 66.0 Å². The van der Waals surface area contributed by atoms with Crippen LogP contribution in [0, 0.1) is 11.8 Å². The lowest BCUT2D eigenvalue weighted by Crippen LogP contribution is -2.57. The first-order valence-corrected chi connectivity index (χ1v) is 12.0. The Morgan fingerprint density at radius 2 is 1.85 bits per heavy atom. The van der Waals surface area contributed by atoms with Gasteiger partial charge in [0.15, 0.2) is 0 Å². The third-order valence-electron chi connectivity index (χ3n) is 7.98. The minimum atomic E-state index is -0.133. The van der Waals surface area contributed by atoms with Crippen LogP contribution >= 0.6 is 0 Å². The van der Waals surface area contributed by atoms with E-state index in [4.69, 9.17) is 0 Å². The first-order valence-electron chi connectivity index (χ1n) is 12.0. The van der Waals surface area contributed by atoms with Crippen molar-refractivity contribution in [1.29, 1.82) is 0 Å². The van der Waals surface area contributed by atoms with Crippen LogP contribution < -0.4 is 5.32 Å². The summed E-state index contributed by atoms with van der Waals surface area (Å²) in [6, 6.07) is 14.3. The highest BCUT2D eigenvalue weighted by molar-refractivity contribution is 5.84. The second kappa shape index (κ2) is 9.14. The van der Waals surface area contributed by atoms with Crippen LogP contribution in [-0.4, -0.2) is 76.9 Å². The molecule has 1 N–H and O–H groups in total. The Morgan fingerprint density at radius 1 is 1.09 bits per heavy atom. The molecule has 0 unspecified atom stereocenters. The molecule has 0 radical (unpaired) electrons. The van der Waals surface area contributed by atoms with Crippen LogP contribution in [0.4, 0.5) is 4.79 Å². The molecule has 4 heterocycles. The van der Waals surface area contributed by atoms with Gasteiger partial charge in [-0.2, -0.15) is 0 Å². The summed E-state index contributed by atoms with van der Waals surface area (Å²) in [4.78, 5) is 36.5. The van der Waals surface area contributed by atoms with E-state index < -0.39 is 0 Å². The molecule has 0 saturated carbocycles. The van der Waals surface area contributed by atoms with E-state index in [0.29, 0.717) is 25.6 Å². The normalized spacial score (nSPS) is 24.3. The Bertz CT molecular complexity index is 975. The summed E-state index contributed by atoms with van der Waals surface area (Å²) in [7, 11) is 1.97. The number of likely N-dealkylation sites (tertiary alicyclic amines) is 3. The maximum atomic E-state index is 13.1. The zero-order chi connectivity index (χ0) is 22.8. The number of urea groups is 1. The number of carbonyl (C=O) groups excluding carboxylic acids is 2. The molecule has 174 valence electrons. The average molecular weight is 448 g/mol. The molecular formula is C26H33N5O2. The standard InChI is InChI=1S/C26H33N5O2/c1-29-24(32)22-18-30(17-21-8-5-12-27-16-21)19-23(22)26(29)10-14-31(15-11-26)25(33)28-13-9-20-6-3-2-4-7-20/h2-8,12,16,22-23H,9-11,13-15,17-19H2,1H3,(H,28,33)/t22-,23+/m0/s1. The van der Waals surface area contributed by atoms with Gasteiger partial charge in [-0.1, -0.05) is 36.4 Å². The molecule has 3 saturated heterocycles. The number of aromatic nitrogens is 1. The van der Waals surface area contributed by atoms with Crippen LogP contribution in [0.5, 0.6) is 0 Å². The Kier molecular flexibility index (Phi) is 6.06. The van der Waals surface area contributed by atoms with Crippen molar-refractivity contribution in [2.45, 2.75) is 31.3 Å². The van der Waals surface area contributed by atoms with Gasteiger partial charge < -0.3 is 15.1 Å². The molecule has 1 spiro atoms. The molecule has 1 aromatic heterocycles. The van der Waals surface area contributed by atoms with E-state index in [0.717, 1.165) is 38.9 Å². The summed E-state index contributed by atoms with van der Waals surface area (Å²) in [5.74, 6) is 0.669. The fourth-order valence-electron chi connectivity index (χ4n) is 6.15. The van der Waals surface area contributed by atoms with Gasteiger partial charge in [-0.3, -0.25) is 14.7 Å². The van der Waals surface area contributed by atoms with Gasteiger partial charge in [0.1, 0.15) is 0 Å². The van der Waals surface area contributed by atoms with E-state index in [9.17, 15) is 9.59 Å². The summed E-state index contributed by atoms with van der Waals surface area (Å²) in [5, 5.41) is 3.07. The predicted molar refractivity (Wildman–Crippen MR) is 126 cm³/mol. The van der Waals surface area contributed by atoms with Crippen molar-refractivity contribution in [3.63, 3.8) is 0 Å². The van der Waals surface area contributed by atoms with E-state index in [2.05, 4.69) is 33.4 Å². The lowest BCUT2D eigenvalue weighted by atomic mass is 9.75. The maximum absolute atomic E-state index is 13.1. The fraction of sp³-hybridized carbons (Fsp3) is 0.500. The average Bonchev–Trinajstić information content (AvgIpc) is 3.35. The first kappa shape index (κ1) is 21.9. The number of hydrogen-bond donors (Lipinski definition) is 1. The van der Waals surface area contributed by atoms with Crippen molar-refractivity contribution in [1.82, 2.24) is 25.0 Å². The summed E-state index contributed by atoms with van der Waals surface area (Å²) in [6.07, 6.45) is 6.23. The van der Waals surface area contributed by atoms with Gasteiger partial charge in [-0.25, -0.2) is 4.79 Å². The number of rotatable bonds is 5. The van der Waals surface area contributed by atoms with Crippen molar-refractivity contribution in [3.8, 4) is 0 Å². The van der Waals surface area contributed by atoms with Crippen molar-refractivity contribution < 1.29 is 9.59 Å². The van der Waals surface area contributed by atoms with Crippen LogP contribution in [-0.2, 0) is 17.8 Å². The topological polar surface area (TPSA) is 68.8 Å². The van der Waals surface area contributed by atoms with Gasteiger partial charge in [0.05, 0.1) is 11.5 Å². The molecule has 33 heavy (non-hydrogen) atoms. The zero-order valence-corrected chi connectivity index (χ0v) is 19.3. The molecule has 7 heteroatoms.